The molecule has 0 radical (unpaired) electrons. The first-order chi connectivity index (χ1) is 18.4. The van der Waals surface area contributed by atoms with Crippen LogP contribution < -0.4 is 6.64 Å². The summed E-state index contributed by atoms with van der Waals surface area (Å²) in [7, 11) is 0. The van der Waals surface area contributed by atoms with E-state index in [1.165, 1.54) is 48.7 Å². The summed E-state index contributed by atoms with van der Waals surface area (Å²) in [5, 5.41) is 6.98. The van der Waals surface area contributed by atoms with Crippen LogP contribution in [-0.2, 0) is 29.0 Å². The number of fused-ring (bicyclic) bond motifs is 2. The molecule has 0 spiro atoms. The topological polar surface area (TPSA) is 18.5 Å². The van der Waals surface area contributed by atoms with Gasteiger partial charge in [-0.1, -0.05) is 0 Å². The Morgan fingerprint density at radius 2 is 1.07 bits per heavy atom. The molecule has 0 N–H and O–H groups in total. The van der Waals surface area contributed by atoms with Gasteiger partial charge in [0.1, 0.15) is 0 Å². The fourth-order valence-electron chi connectivity index (χ4n) is 5.25. The zero-order valence-electron chi connectivity index (χ0n) is 25.1. The van der Waals surface area contributed by atoms with Crippen molar-refractivity contribution in [3.05, 3.63) is 105 Å². The summed E-state index contributed by atoms with van der Waals surface area (Å²) >= 11 is -1.02. The number of benzene rings is 4. The van der Waals surface area contributed by atoms with E-state index in [9.17, 15) is 0 Å². The Morgan fingerprint density at radius 1 is 0.610 bits per heavy atom. The molecule has 0 amide bonds. The molecule has 1 heterocycles. The minimum Gasteiger partial charge on any atom is -0.147 e. The first-order valence-electron chi connectivity index (χ1n) is 13.6. The predicted octanol–water partition coefficient (Wildman–Crippen LogP) is 10.9. The van der Waals surface area contributed by atoms with Crippen LogP contribution in [-0.4, -0.2) is 4.31 Å². The largest absolute Gasteiger partial charge is 0.147 e. The second kappa shape index (κ2) is 13.0. The molecule has 0 aliphatic heterocycles. The molecular weight excluding hydrogens is 603 g/mol. The van der Waals surface area contributed by atoms with Crippen LogP contribution in [0.5, 0.6) is 11.5 Å². The Bertz CT molecular complexity index is 1590. The van der Waals surface area contributed by atoms with Gasteiger partial charge in [-0.2, -0.15) is 0 Å². The third-order valence-corrected chi connectivity index (χ3v) is 10.6. The van der Waals surface area contributed by atoms with Crippen LogP contribution in [0.1, 0.15) is 68.7 Å². The van der Waals surface area contributed by atoms with Crippen molar-refractivity contribution in [3.63, 3.8) is 0 Å². The summed E-state index contributed by atoms with van der Waals surface area (Å²) in [6.07, 6.45) is 0. The molecule has 0 aliphatic carbocycles. The molecule has 0 fully saturated rings. The Balaban J connectivity index is 0.00000231. The Hall–Kier alpha value is -2.14. The van der Waals surface area contributed by atoms with Crippen molar-refractivity contribution in [1.29, 1.82) is 0 Å². The van der Waals surface area contributed by atoms with Gasteiger partial charge in [-0.3, -0.25) is 0 Å². The van der Waals surface area contributed by atoms with E-state index < -0.39 is 18.2 Å². The van der Waals surface area contributed by atoms with E-state index in [0.717, 1.165) is 11.5 Å². The van der Waals surface area contributed by atoms with Crippen molar-refractivity contribution in [2.75, 3.05) is 0 Å². The molecule has 4 aromatic carbocycles. The minimum absolute atomic E-state index is 0. The van der Waals surface area contributed by atoms with Gasteiger partial charge >= 0.3 is 245 Å². The third-order valence-electron chi connectivity index (χ3n) is 7.28. The van der Waals surface area contributed by atoms with Crippen molar-refractivity contribution in [1.82, 2.24) is 0 Å². The molecular formula is C35H40Cl2O2STi. The number of aryl methyl sites for hydroxylation is 2. The maximum absolute atomic E-state index is 7.00. The van der Waals surface area contributed by atoms with Gasteiger partial charge in [-0.25, -0.2) is 0 Å². The van der Waals surface area contributed by atoms with Crippen molar-refractivity contribution in [2.45, 2.75) is 66.2 Å². The first-order valence-corrected chi connectivity index (χ1v) is 16.7. The second-order valence-electron chi connectivity index (χ2n) is 12.4. The summed E-state index contributed by atoms with van der Waals surface area (Å²) in [4.78, 5) is 1.19. The molecule has 0 saturated carbocycles. The minimum atomic E-state index is -2.75. The summed E-state index contributed by atoms with van der Waals surface area (Å²) in [5.74, 6) is 1.83. The fraction of sp³-hybridized carbons (Fsp3) is 0.286. The molecule has 0 bridgehead atoms. The smallest absolute Gasteiger partial charge is 0.147 e. The molecule has 5 aromatic rings. The number of hydrogen-bond acceptors (Lipinski definition) is 3. The van der Waals surface area contributed by atoms with Crippen molar-refractivity contribution in [3.8, 4) is 11.5 Å². The van der Waals surface area contributed by atoms with Crippen molar-refractivity contribution >= 4 is 62.0 Å². The van der Waals surface area contributed by atoms with Gasteiger partial charge in [0.25, 0.3) is 0 Å². The Morgan fingerprint density at radius 3 is 1.46 bits per heavy atom. The standard InChI is InChI=1S/2C15H18O.C5H4S.2ClH.Ti/c2*1-10-8-9-13(16)14-11(10)6-5-7-12(14)15(2,3)4;1-5-3-2-4-6-5;;;/h2*5-9,16H,1-4H3;1-4H;2*1H;/q;;;;;+2/p-2. The molecule has 0 unspecified atom stereocenters. The van der Waals surface area contributed by atoms with Gasteiger partial charge in [-0.15, -0.1) is 24.8 Å². The molecule has 0 atom stereocenters. The quantitative estimate of drug-likeness (QED) is 0.178. The number of rotatable bonds is 5. The average molecular weight is 644 g/mol. The summed E-state index contributed by atoms with van der Waals surface area (Å²) in [6.45, 7) is 18.0. The Labute approximate surface area is 268 Å². The van der Waals surface area contributed by atoms with Gasteiger partial charge in [-0.05, 0) is 0 Å². The summed E-state index contributed by atoms with van der Waals surface area (Å²) < 4.78 is 16.2. The molecule has 41 heavy (non-hydrogen) atoms. The zero-order chi connectivity index (χ0) is 27.9. The Kier molecular flexibility index (Phi) is 10.6. The van der Waals surface area contributed by atoms with Gasteiger partial charge in [0.05, 0.1) is 0 Å². The maximum atomic E-state index is 7.00. The van der Waals surface area contributed by atoms with Crippen LogP contribution >= 0.6 is 36.2 Å². The molecule has 2 nitrogen and oxygen atoms in total. The molecule has 216 valence electrons. The third kappa shape index (κ3) is 7.09. The molecule has 5 rings (SSSR count). The molecule has 0 saturated heterocycles. The van der Waals surface area contributed by atoms with E-state index >= 15 is 0 Å². The van der Waals surface area contributed by atoms with E-state index in [1.807, 2.05) is 0 Å². The number of halogens is 2. The van der Waals surface area contributed by atoms with E-state index in [1.54, 1.807) is 11.3 Å². The molecule has 0 aliphatic rings. The van der Waals surface area contributed by atoms with Gasteiger partial charge in [0.15, 0.2) is 0 Å². The van der Waals surface area contributed by atoms with Crippen LogP contribution in [0.25, 0.3) is 21.5 Å². The zero-order valence-corrected chi connectivity index (χ0v) is 29.1. The second-order valence-corrected chi connectivity index (χ2v) is 15.5. The number of hydrogen-bond donors (Lipinski definition) is 0. The summed E-state index contributed by atoms with van der Waals surface area (Å²) in [5.41, 5.74) is 5.07. The molecule has 1 aromatic heterocycles. The van der Waals surface area contributed by atoms with E-state index in [4.69, 9.17) is 6.64 Å². The number of thiophene rings is 1. The van der Waals surface area contributed by atoms with E-state index in [0.29, 0.717) is 0 Å². The van der Waals surface area contributed by atoms with Crippen molar-refractivity contribution in [2.24, 2.45) is 0 Å². The monoisotopic (exact) mass is 642 g/mol. The normalized spacial score (nSPS) is 11.5. The van der Waals surface area contributed by atoms with Gasteiger partial charge in [0, 0.05) is 0 Å². The van der Waals surface area contributed by atoms with Crippen LogP contribution in [0.3, 0.4) is 0 Å². The van der Waals surface area contributed by atoms with E-state index in [2.05, 4.69) is 138 Å². The average Bonchev–Trinajstić information content (AvgIpc) is 3.39. The van der Waals surface area contributed by atoms with Crippen LogP contribution in [0, 0.1) is 13.8 Å². The SMILES string of the molecule is Cc1ccc([O][Ti](=[CH]c2cccs2)[O]c2ccc(C)c3cccc(C(C)(C)C)c23)c2c(C(C)(C)C)cccc12.Cl.Cl. The molecule has 6 heteroatoms. The van der Waals surface area contributed by atoms with Crippen LogP contribution in [0.4, 0.5) is 0 Å². The van der Waals surface area contributed by atoms with Crippen molar-refractivity contribution < 1.29 is 24.8 Å². The fourth-order valence-corrected chi connectivity index (χ4v) is 8.47. The first kappa shape index (κ1) is 33.4. The van der Waals surface area contributed by atoms with Gasteiger partial charge < -0.3 is 0 Å². The van der Waals surface area contributed by atoms with E-state index in [-0.39, 0.29) is 35.6 Å². The summed E-state index contributed by atoms with van der Waals surface area (Å²) in [6, 6.07) is 26.1. The van der Waals surface area contributed by atoms with Crippen LogP contribution in [0.2, 0.25) is 0 Å². The maximum Gasteiger partial charge on any atom is -0.147 e. The van der Waals surface area contributed by atoms with Crippen LogP contribution in [0.15, 0.2) is 78.2 Å². The predicted molar refractivity (Wildman–Crippen MR) is 180 cm³/mol. The van der Waals surface area contributed by atoms with Gasteiger partial charge in [0.2, 0.25) is 0 Å².